The van der Waals surface area contributed by atoms with E-state index in [0.717, 1.165) is 17.7 Å². The number of alkyl halides is 3. The molecule has 140 valence electrons. The number of ether oxygens (including phenoxy) is 2. The number of hydrogen-bond donors (Lipinski definition) is 1. The second-order valence-electron chi connectivity index (χ2n) is 5.43. The molecule has 1 N–H and O–H groups in total. The fraction of sp³-hybridized carbons (Fsp3) is 0.278. The van der Waals surface area contributed by atoms with Gasteiger partial charge >= 0.3 is 6.18 Å². The maximum absolute atomic E-state index is 12.8. The highest BCUT2D eigenvalue weighted by Gasteiger charge is 2.31. The van der Waals surface area contributed by atoms with Crippen LogP contribution in [0.25, 0.3) is 0 Å². The number of halogens is 4. The van der Waals surface area contributed by atoms with Gasteiger partial charge in [0.2, 0.25) is 5.91 Å². The van der Waals surface area contributed by atoms with Gasteiger partial charge in [-0.15, -0.1) is 0 Å². The van der Waals surface area contributed by atoms with Gasteiger partial charge in [-0.3, -0.25) is 4.79 Å². The van der Waals surface area contributed by atoms with E-state index < -0.39 is 11.7 Å². The summed E-state index contributed by atoms with van der Waals surface area (Å²) in [5.41, 5.74) is 0.211. The minimum atomic E-state index is -4.45. The van der Waals surface area contributed by atoms with Crippen LogP contribution in [0.15, 0.2) is 36.4 Å². The Labute approximate surface area is 162 Å². The first-order valence-corrected chi connectivity index (χ1v) is 8.70. The number of benzene rings is 2. The van der Waals surface area contributed by atoms with Crippen molar-refractivity contribution in [3.63, 3.8) is 0 Å². The SMILES string of the molecule is COc1ccc(CCC(=O)Nc2cc(C(F)(F)F)ccc2I)cc1OC. The highest BCUT2D eigenvalue weighted by molar-refractivity contribution is 14.1. The Morgan fingerprint density at radius 1 is 1.08 bits per heavy atom. The normalized spacial score (nSPS) is 11.2. The van der Waals surface area contributed by atoms with E-state index >= 15 is 0 Å². The fourth-order valence-corrected chi connectivity index (χ4v) is 2.77. The Morgan fingerprint density at radius 3 is 2.38 bits per heavy atom. The highest BCUT2D eigenvalue weighted by Crippen LogP contribution is 2.33. The van der Waals surface area contributed by atoms with Crippen LogP contribution < -0.4 is 14.8 Å². The molecular formula is C18H17F3INO3. The van der Waals surface area contributed by atoms with Crippen molar-refractivity contribution in [2.75, 3.05) is 19.5 Å². The molecule has 0 aromatic heterocycles. The van der Waals surface area contributed by atoms with E-state index in [1.165, 1.54) is 20.3 Å². The van der Waals surface area contributed by atoms with Crippen LogP contribution in [0.5, 0.6) is 11.5 Å². The number of hydrogen-bond acceptors (Lipinski definition) is 3. The van der Waals surface area contributed by atoms with Crippen molar-refractivity contribution in [1.29, 1.82) is 0 Å². The summed E-state index contributed by atoms with van der Waals surface area (Å²) in [7, 11) is 3.05. The number of carbonyl (C=O) groups is 1. The molecule has 1 amide bonds. The van der Waals surface area contributed by atoms with Crippen LogP contribution in [0, 0.1) is 3.57 Å². The smallest absolute Gasteiger partial charge is 0.416 e. The Bertz CT molecular complexity index is 794. The molecule has 0 unspecified atom stereocenters. The summed E-state index contributed by atoms with van der Waals surface area (Å²) in [6.45, 7) is 0. The Hall–Kier alpha value is -1.97. The molecule has 0 saturated carbocycles. The second-order valence-corrected chi connectivity index (χ2v) is 6.59. The standard InChI is InChI=1S/C18H17F3INO3/c1-25-15-7-3-11(9-16(15)26-2)4-8-17(24)23-14-10-12(18(19,20)21)5-6-13(14)22/h3,5-7,9-10H,4,8H2,1-2H3,(H,23,24). The van der Waals surface area contributed by atoms with Gasteiger partial charge in [-0.25, -0.2) is 0 Å². The Morgan fingerprint density at radius 2 is 1.77 bits per heavy atom. The lowest BCUT2D eigenvalue weighted by Gasteiger charge is -2.12. The molecule has 2 rings (SSSR count). The first kappa shape index (κ1) is 20.3. The summed E-state index contributed by atoms with van der Waals surface area (Å²) in [5, 5.41) is 2.54. The first-order chi connectivity index (χ1) is 12.2. The number of amides is 1. The lowest BCUT2D eigenvalue weighted by molar-refractivity contribution is -0.137. The molecule has 2 aromatic carbocycles. The minimum Gasteiger partial charge on any atom is -0.493 e. The van der Waals surface area contributed by atoms with E-state index in [-0.39, 0.29) is 18.0 Å². The molecule has 0 spiro atoms. The largest absolute Gasteiger partial charge is 0.493 e. The van der Waals surface area contributed by atoms with Crippen LogP contribution in [-0.4, -0.2) is 20.1 Å². The van der Waals surface area contributed by atoms with Crippen molar-refractivity contribution in [1.82, 2.24) is 0 Å². The molecule has 0 bridgehead atoms. The average Bonchev–Trinajstić information content (AvgIpc) is 2.60. The van der Waals surface area contributed by atoms with Gasteiger partial charge in [0.1, 0.15) is 0 Å². The lowest BCUT2D eigenvalue weighted by Crippen LogP contribution is -2.14. The molecule has 0 saturated heterocycles. The van der Waals surface area contributed by atoms with Crippen LogP contribution in [-0.2, 0) is 17.4 Å². The van der Waals surface area contributed by atoms with E-state index in [1.807, 2.05) is 28.7 Å². The van der Waals surface area contributed by atoms with Gasteiger partial charge in [0.25, 0.3) is 0 Å². The van der Waals surface area contributed by atoms with E-state index in [1.54, 1.807) is 12.1 Å². The van der Waals surface area contributed by atoms with Gasteiger partial charge in [-0.1, -0.05) is 6.07 Å². The van der Waals surface area contributed by atoms with Crippen LogP contribution in [0.3, 0.4) is 0 Å². The zero-order valence-electron chi connectivity index (χ0n) is 14.1. The van der Waals surface area contributed by atoms with Gasteiger partial charge in [-0.05, 0) is 64.9 Å². The number of aryl methyl sites for hydroxylation is 1. The lowest BCUT2D eigenvalue weighted by atomic mass is 10.1. The van der Waals surface area contributed by atoms with Crippen LogP contribution >= 0.6 is 22.6 Å². The quantitative estimate of drug-likeness (QED) is 0.600. The van der Waals surface area contributed by atoms with Crippen molar-refractivity contribution in [3.05, 3.63) is 51.1 Å². The first-order valence-electron chi connectivity index (χ1n) is 7.62. The number of rotatable bonds is 6. The zero-order chi connectivity index (χ0) is 19.3. The third-order valence-corrected chi connectivity index (χ3v) is 4.60. The van der Waals surface area contributed by atoms with Gasteiger partial charge in [0.05, 0.1) is 25.5 Å². The summed E-state index contributed by atoms with van der Waals surface area (Å²) in [6, 6.07) is 8.56. The number of anilines is 1. The number of nitrogens with one attached hydrogen (secondary N) is 1. The van der Waals surface area contributed by atoms with Gasteiger partial charge in [0.15, 0.2) is 11.5 Å². The van der Waals surface area contributed by atoms with Crippen molar-refractivity contribution >= 4 is 34.2 Å². The molecule has 0 heterocycles. The molecule has 0 radical (unpaired) electrons. The van der Waals surface area contributed by atoms with Crippen molar-refractivity contribution in [3.8, 4) is 11.5 Å². The maximum Gasteiger partial charge on any atom is 0.416 e. The Balaban J connectivity index is 2.03. The zero-order valence-corrected chi connectivity index (χ0v) is 16.3. The third kappa shape index (κ3) is 5.26. The van der Waals surface area contributed by atoms with E-state index in [4.69, 9.17) is 9.47 Å². The topological polar surface area (TPSA) is 47.6 Å². The molecule has 8 heteroatoms. The number of carbonyl (C=O) groups excluding carboxylic acids is 1. The molecule has 0 aliphatic rings. The maximum atomic E-state index is 12.8. The summed E-state index contributed by atoms with van der Waals surface area (Å²) in [4.78, 5) is 12.1. The number of methoxy groups -OCH3 is 2. The third-order valence-electron chi connectivity index (χ3n) is 3.66. The molecule has 4 nitrogen and oxygen atoms in total. The van der Waals surface area contributed by atoms with Gasteiger partial charge in [-0.2, -0.15) is 13.2 Å². The fourth-order valence-electron chi connectivity index (χ4n) is 2.30. The molecule has 0 atom stereocenters. The molecule has 26 heavy (non-hydrogen) atoms. The predicted molar refractivity (Wildman–Crippen MR) is 101 cm³/mol. The summed E-state index contributed by atoms with van der Waals surface area (Å²) in [5.74, 6) is 0.772. The van der Waals surface area contributed by atoms with Crippen molar-refractivity contribution in [2.45, 2.75) is 19.0 Å². The van der Waals surface area contributed by atoms with Gasteiger partial charge in [0, 0.05) is 9.99 Å². The minimum absolute atomic E-state index is 0.127. The average molecular weight is 479 g/mol. The summed E-state index contributed by atoms with van der Waals surface area (Å²) < 4.78 is 49.3. The van der Waals surface area contributed by atoms with Gasteiger partial charge < -0.3 is 14.8 Å². The van der Waals surface area contributed by atoms with E-state index in [9.17, 15) is 18.0 Å². The van der Waals surface area contributed by atoms with Crippen LogP contribution in [0.4, 0.5) is 18.9 Å². The highest BCUT2D eigenvalue weighted by atomic mass is 127. The summed E-state index contributed by atoms with van der Waals surface area (Å²) >= 11 is 1.88. The monoisotopic (exact) mass is 479 g/mol. The molecule has 0 aliphatic heterocycles. The van der Waals surface area contributed by atoms with E-state index in [2.05, 4.69) is 5.32 Å². The van der Waals surface area contributed by atoms with Crippen molar-refractivity contribution < 1.29 is 27.4 Å². The molecule has 2 aromatic rings. The second kappa shape index (κ2) is 8.61. The van der Waals surface area contributed by atoms with Crippen molar-refractivity contribution in [2.24, 2.45) is 0 Å². The van der Waals surface area contributed by atoms with Crippen LogP contribution in [0.2, 0.25) is 0 Å². The molecular weight excluding hydrogens is 462 g/mol. The summed E-state index contributed by atoms with van der Waals surface area (Å²) in [6.07, 6.45) is -3.91. The molecule has 0 aliphatic carbocycles. The predicted octanol–water partition coefficient (Wildman–Crippen LogP) is 4.90. The van der Waals surface area contributed by atoms with E-state index in [0.29, 0.717) is 21.5 Å². The van der Waals surface area contributed by atoms with Crippen LogP contribution in [0.1, 0.15) is 17.5 Å². The Kier molecular flexibility index (Phi) is 6.74. The molecule has 0 fully saturated rings.